The van der Waals surface area contributed by atoms with Crippen LogP contribution in [-0.4, -0.2) is 28.2 Å². The van der Waals surface area contributed by atoms with Gasteiger partial charge in [0.15, 0.2) is 0 Å². The minimum Gasteiger partial charge on any atom is -0.393 e. The van der Waals surface area contributed by atoms with Crippen LogP contribution < -0.4 is 5.32 Å². The summed E-state index contributed by atoms with van der Waals surface area (Å²) in [6.45, 7) is 5.41. The van der Waals surface area contributed by atoms with Gasteiger partial charge in [-0.3, -0.25) is 4.79 Å². The number of hydrogen-bond acceptors (Lipinski definition) is 3. The van der Waals surface area contributed by atoms with E-state index in [0.29, 0.717) is 6.54 Å². The molecule has 0 saturated heterocycles. The molecule has 3 rings (SSSR count). The van der Waals surface area contributed by atoms with E-state index in [2.05, 4.69) is 27.4 Å². The van der Waals surface area contributed by atoms with Crippen molar-refractivity contribution in [2.24, 2.45) is 5.92 Å². The average molecular weight is 332 g/mol. The minimum absolute atomic E-state index is 0.0328. The van der Waals surface area contributed by atoms with E-state index < -0.39 is 0 Å². The molecule has 2 unspecified atom stereocenters. The third-order valence-corrected chi connectivity index (χ3v) is 5.72. The Labute approximate surface area is 141 Å². The predicted molar refractivity (Wildman–Crippen MR) is 93.0 cm³/mol. The quantitative estimate of drug-likeness (QED) is 0.884. The molecule has 1 aliphatic carbocycles. The Morgan fingerprint density at radius 2 is 2.26 bits per heavy atom. The number of aryl methyl sites for hydroxylation is 1. The first kappa shape index (κ1) is 16.3. The summed E-state index contributed by atoms with van der Waals surface area (Å²) >= 11 is 1.73. The highest BCUT2D eigenvalue weighted by atomic mass is 32.1. The van der Waals surface area contributed by atoms with E-state index in [0.717, 1.165) is 42.8 Å². The number of nitrogens with one attached hydrogen (secondary N) is 1. The number of aromatic nitrogens is 1. The van der Waals surface area contributed by atoms with E-state index in [1.54, 1.807) is 11.3 Å². The number of thiophene rings is 1. The highest BCUT2D eigenvalue weighted by molar-refractivity contribution is 7.09. The predicted octanol–water partition coefficient (Wildman–Crippen LogP) is 3.11. The molecular formula is C18H24N2O2S. The third-order valence-electron chi connectivity index (χ3n) is 4.86. The minimum atomic E-state index is -0.262. The maximum Gasteiger partial charge on any atom is 0.253 e. The fraction of sp³-hybridized carbons (Fsp3) is 0.500. The Balaban J connectivity index is 1.68. The van der Waals surface area contributed by atoms with Gasteiger partial charge in [0.2, 0.25) is 0 Å². The Morgan fingerprint density at radius 1 is 1.43 bits per heavy atom. The molecule has 2 atom stereocenters. The van der Waals surface area contributed by atoms with E-state index in [1.807, 2.05) is 19.9 Å². The molecule has 23 heavy (non-hydrogen) atoms. The van der Waals surface area contributed by atoms with Crippen molar-refractivity contribution in [1.82, 2.24) is 9.88 Å². The summed E-state index contributed by atoms with van der Waals surface area (Å²) in [6.07, 6.45) is 2.65. The molecule has 0 radical (unpaired) electrons. The maximum absolute atomic E-state index is 12.5. The standard InChI is InChI=1S/C18H24N2O2S/c1-12-9-16(13(2)20(12)11-15-6-4-8-23-15)18(22)19-10-14-5-3-7-17(14)21/h4,6,8-9,14,17,21H,3,5,7,10-11H2,1-2H3,(H,19,22). The van der Waals surface area contributed by atoms with Crippen LogP contribution in [0.15, 0.2) is 23.6 Å². The molecule has 1 fully saturated rings. The Kier molecular flexibility index (Phi) is 4.87. The fourth-order valence-electron chi connectivity index (χ4n) is 3.41. The summed E-state index contributed by atoms with van der Waals surface area (Å²) in [5.41, 5.74) is 2.84. The fourth-order valence-corrected chi connectivity index (χ4v) is 4.10. The number of hydrogen-bond donors (Lipinski definition) is 2. The Bertz CT molecular complexity index is 676. The van der Waals surface area contributed by atoms with Crippen LogP contribution in [0.5, 0.6) is 0 Å². The van der Waals surface area contributed by atoms with Crippen molar-refractivity contribution in [2.45, 2.75) is 45.8 Å². The highest BCUT2D eigenvalue weighted by Crippen LogP contribution is 2.25. The molecule has 0 bridgehead atoms. The van der Waals surface area contributed by atoms with Gasteiger partial charge in [0.05, 0.1) is 18.2 Å². The molecule has 0 aromatic carbocycles. The summed E-state index contributed by atoms with van der Waals surface area (Å²) in [6, 6.07) is 6.13. The molecule has 2 N–H and O–H groups in total. The van der Waals surface area contributed by atoms with Crippen molar-refractivity contribution < 1.29 is 9.90 Å². The number of amides is 1. The number of aliphatic hydroxyl groups is 1. The number of carbonyl (C=O) groups excluding carboxylic acids is 1. The van der Waals surface area contributed by atoms with Gasteiger partial charge in [-0.05, 0) is 44.2 Å². The number of nitrogens with zero attached hydrogens (tertiary/aromatic N) is 1. The third kappa shape index (κ3) is 3.51. The molecule has 4 nitrogen and oxygen atoms in total. The van der Waals surface area contributed by atoms with Crippen LogP contribution >= 0.6 is 11.3 Å². The Morgan fingerprint density at radius 3 is 2.91 bits per heavy atom. The number of rotatable bonds is 5. The van der Waals surface area contributed by atoms with E-state index in [4.69, 9.17) is 0 Å². The zero-order valence-electron chi connectivity index (χ0n) is 13.7. The van der Waals surface area contributed by atoms with E-state index in [-0.39, 0.29) is 17.9 Å². The zero-order chi connectivity index (χ0) is 16.4. The van der Waals surface area contributed by atoms with Crippen molar-refractivity contribution in [3.63, 3.8) is 0 Å². The highest BCUT2D eigenvalue weighted by Gasteiger charge is 2.26. The smallest absolute Gasteiger partial charge is 0.253 e. The van der Waals surface area contributed by atoms with Gasteiger partial charge in [-0.1, -0.05) is 12.5 Å². The molecule has 0 spiro atoms. The van der Waals surface area contributed by atoms with Gasteiger partial charge in [0.1, 0.15) is 0 Å². The van der Waals surface area contributed by atoms with Gasteiger partial charge < -0.3 is 15.0 Å². The van der Waals surface area contributed by atoms with Crippen LogP contribution in [-0.2, 0) is 6.54 Å². The molecule has 2 aromatic heterocycles. The van der Waals surface area contributed by atoms with Crippen molar-refractivity contribution >= 4 is 17.2 Å². The first-order valence-electron chi connectivity index (χ1n) is 8.21. The summed E-state index contributed by atoms with van der Waals surface area (Å²) in [4.78, 5) is 13.8. The van der Waals surface area contributed by atoms with Crippen LogP contribution in [0.1, 0.15) is 45.9 Å². The van der Waals surface area contributed by atoms with Gasteiger partial charge in [0.25, 0.3) is 5.91 Å². The molecule has 5 heteroatoms. The molecular weight excluding hydrogens is 308 g/mol. The molecule has 1 amide bonds. The zero-order valence-corrected chi connectivity index (χ0v) is 14.5. The second kappa shape index (κ2) is 6.89. The van der Waals surface area contributed by atoms with E-state index in [9.17, 15) is 9.90 Å². The number of aliphatic hydroxyl groups excluding tert-OH is 1. The summed E-state index contributed by atoms with van der Waals surface area (Å²) in [5, 5.41) is 14.9. The molecule has 0 aliphatic heterocycles. The van der Waals surface area contributed by atoms with Crippen LogP contribution in [0.2, 0.25) is 0 Å². The molecule has 124 valence electrons. The first-order chi connectivity index (χ1) is 11.1. The maximum atomic E-state index is 12.5. The normalized spacial score (nSPS) is 20.8. The lowest BCUT2D eigenvalue weighted by molar-refractivity contribution is 0.0916. The van der Waals surface area contributed by atoms with Gasteiger partial charge in [-0.2, -0.15) is 0 Å². The van der Waals surface area contributed by atoms with Gasteiger partial charge in [-0.25, -0.2) is 0 Å². The van der Waals surface area contributed by atoms with Crippen molar-refractivity contribution in [2.75, 3.05) is 6.54 Å². The van der Waals surface area contributed by atoms with Crippen LogP contribution in [0.25, 0.3) is 0 Å². The van der Waals surface area contributed by atoms with Crippen LogP contribution in [0, 0.1) is 19.8 Å². The van der Waals surface area contributed by atoms with Gasteiger partial charge in [-0.15, -0.1) is 11.3 Å². The summed E-state index contributed by atoms with van der Waals surface area (Å²) in [5.74, 6) is 0.170. The van der Waals surface area contributed by atoms with Gasteiger partial charge in [0, 0.05) is 28.7 Å². The van der Waals surface area contributed by atoms with E-state index >= 15 is 0 Å². The van der Waals surface area contributed by atoms with Crippen molar-refractivity contribution in [3.8, 4) is 0 Å². The lowest BCUT2D eigenvalue weighted by atomic mass is 10.1. The number of carbonyl (C=O) groups is 1. The summed E-state index contributed by atoms with van der Waals surface area (Å²) < 4.78 is 2.19. The lowest BCUT2D eigenvalue weighted by Gasteiger charge is -2.15. The molecule has 1 aliphatic rings. The van der Waals surface area contributed by atoms with Crippen molar-refractivity contribution in [1.29, 1.82) is 0 Å². The van der Waals surface area contributed by atoms with E-state index in [1.165, 1.54) is 4.88 Å². The van der Waals surface area contributed by atoms with Crippen molar-refractivity contribution in [3.05, 3.63) is 45.4 Å². The summed E-state index contributed by atoms with van der Waals surface area (Å²) in [7, 11) is 0. The second-order valence-corrected chi connectivity index (χ2v) is 7.45. The van der Waals surface area contributed by atoms with Crippen LogP contribution in [0.3, 0.4) is 0 Å². The first-order valence-corrected chi connectivity index (χ1v) is 9.09. The monoisotopic (exact) mass is 332 g/mol. The lowest BCUT2D eigenvalue weighted by Crippen LogP contribution is -2.32. The Hall–Kier alpha value is -1.59. The average Bonchev–Trinajstić information content (AvgIpc) is 3.23. The molecule has 2 heterocycles. The SMILES string of the molecule is Cc1cc(C(=O)NCC2CCCC2O)c(C)n1Cc1cccs1. The molecule has 2 aromatic rings. The largest absolute Gasteiger partial charge is 0.393 e. The topological polar surface area (TPSA) is 54.3 Å². The van der Waals surface area contributed by atoms with Crippen LogP contribution in [0.4, 0.5) is 0 Å². The molecule has 1 saturated carbocycles. The second-order valence-electron chi connectivity index (χ2n) is 6.42. The van der Waals surface area contributed by atoms with Gasteiger partial charge >= 0.3 is 0 Å².